The fraction of sp³-hybridized carbons (Fsp3) is 0.647. The average molecular weight is 268 g/mol. The smallest absolute Gasteiger partial charge is 0.1000 e. The van der Waals surface area contributed by atoms with Crippen molar-refractivity contribution >= 4 is 0 Å². The highest BCUT2D eigenvalue weighted by Crippen LogP contribution is 2.59. The zero-order valence-electron chi connectivity index (χ0n) is 11.7. The molecule has 3 aliphatic rings. The molecule has 0 N–H and O–H groups in total. The lowest BCUT2D eigenvalue weighted by atomic mass is 9.78. The van der Waals surface area contributed by atoms with Gasteiger partial charge in [-0.25, -0.2) is 0 Å². The van der Waals surface area contributed by atoms with Gasteiger partial charge in [0.25, 0.3) is 0 Å². The van der Waals surface area contributed by atoms with E-state index in [0.29, 0.717) is 11.8 Å². The molecule has 1 aliphatic heterocycles. The van der Waals surface area contributed by atoms with Gasteiger partial charge in [0.05, 0.1) is 29.4 Å². The second-order valence-electron chi connectivity index (χ2n) is 6.77. The van der Waals surface area contributed by atoms with Gasteiger partial charge in [-0.2, -0.15) is 5.26 Å². The molecule has 2 saturated carbocycles. The Kier molecular flexibility index (Phi) is 2.65. The standard InChI is InChI=1S/C17H20N2O/c18-12-16(15-5-1-4-8-19-15)9-13-11-20-17(14(13)10-16)6-2-3-7-17/h1,4-5,8,13-14H,2-3,6-7,9-11H2. The Morgan fingerprint density at radius 1 is 1.25 bits per heavy atom. The van der Waals surface area contributed by atoms with Crippen molar-refractivity contribution in [3.8, 4) is 6.07 Å². The molecule has 2 heterocycles. The lowest BCUT2D eigenvalue weighted by Gasteiger charge is -2.31. The van der Waals surface area contributed by atoms with Gasteiger partial charge in [-0.15, -0.1) is 0 Å². The third kappa shape index (κ3) is 1.58. The van der Waals surface area contributed by atoms with Crippen LogP contribution >= 0.6 is 0 Å². The topological polar surface area (TPSA) is 45.9 Å². The van der Waals surface area contributed by atoms with Crippen LogP contribution in [-0.4, -0.2) is 17.2 Å². The van der Waals surface area contributed by atoms with Gasteiger partial charge in [-0.1, -0.05) is 18.9 Å². The van der Waals surface area contributed by atoms with Gasteiger partial charge >= 0.3 is 0 Å². The third-order valence-electron chi connectivity index (χ3n) is 5.83. The molecule has 1 aromatic rings. The van der Waals surface area contributed by atoms with Crippen molar-refractivity contribution in [1.29, 1.82) is 5.26 Å². The average Bonchev–Trinajstić information content (AvgIpc) is 3.19. The number of rotatable bonds is 1. The van der Waals surface area contributed by atoms with Crippen molar-refractivity contribution in [2.75, 3.05) is 6.61 Å². The van der Waals surface area contributed by atoms with Crippen molar-refractivity contribution in [3.05, 3.63) is 30.1 Å². The molecule has 3 heteroatoms. The Labute approximate surface area is 120 Å². The first kappa shape index (κ1) is 12.3. The predicted octanol–water partition coefficient (Wildman–Crippen LogP) is 3.21. The van der Waals surface area contributed by atoms with Crippen LogP contribution in [0.25, 0.3) is 0 Å². The normalized spacial score (nSPS) is 38.0. The predicted molar refractivity (Wildman–Crippen MR) is 74.9 cm³/mol. The summed E-state index contributed by atoms with van der Waals surface area (Å²) >= 11 is 0. The van der Waals surface area contributed by atoms with Gasteiger partial charge in [0.15, 0.2) is 0 Å². The summed E-state index contributed by atoms with van der Waals surface area (Å²) in [6, 6.07) is 8.55. The molecule has 4 rings (SSSR count). The molecule has 3 unspecified atom stereocenters. The van der Waals surface area contributed by atoms with E-state index in [9.17, 15) is 5.26 Å². The molecule has 3 nitrogen and oxygen atoms in total. The summed E-state index contributed by atoms with van der Waals surface area (Å²) in [6.07, 6.45) is 8.62. The molecular weight excluding hydrogens is 248 g/mol. The van der Waals surface area contributed by atoms with E-state index in [1.165, 1.54) is 25.7 Å². The van der Waals surface area contributed by atoms with Crippen molar-refractivity contribution in [1.82, 2.24) is 4.98 Å². The van der Waals surface area contributed by atoms with Gasteiger partial charge in [-0.05, 0) is 49.7 Å². The maximum absolute atomic E-state index is 9.83. The summed E-state index contributed by atoms with van der Waals surface area (Å²) < 4.78 is 6.21. The van der Waals surface area contributed by atoms with Crippen molar-refractivity contribution in [3.63, 3.8) is 0 Å². The number of nitriles is 1. The lowest BCUT2D eigenvalue weighted by Crippen LogP contribution is -2.34. The highest BCUT2D eigenvalue weighted by molar-refractivity contribution is 5.31. The summed E-state index contributed by atoms with van der Waals surface area (Å²) in [4.78, 5) is 4.48. The monoisotopic (exact) mass is 268 g/mol. The fourth-order valence-corrected chi connectivity index (χ4v) is 4.88. The van der Waals surface area contributed by atoms with Crippen LogP contribution in [0.1, 0.15) is 44.2 Å². The van der Waals surface area contributed by atoms with E-state index >= 15 is 0 Å². The number of pyridine rings is 1. The molecular formula is C17H20N2O. The first-order valence-electron chi connectivity index (χ1n) is 7.75. The SMILES string of the molecule is N#CC1(c2ccccn2)CC2COC3(CCCC3)C2C1. The van der Waals surface area contributed by atoms with Crippen LogP contribution in [0.15, 0.2) is 24.4 Å². The maximum Gasteiger partial charge on any atom is 0.1000 e. The first-order valence-corrected chi connectivity index (χ1v) is 7.75. The van der Waals surface area contributed by atoms with Gasteiger partial charge in [0, 0.05) is 6.20 Å². The Bertz CT molecular complexity index is 544. The second kappa shape index (κ2) is 4.30. The highest BCUT2D eigenvalue weighted by Gasteiger charge is 2.59. The molecule has 1 saturated heterocycles. The minimum atomic E-state index is -0.379. The fourth-order valence-electron chi connectivity index (χ4n) is 4.88. The largest absolute Gasteiger partial charge is 0.374 e. The molecule has 104 valence electrons. The van der Waals surface area contributed by atoms with Crippen molar-refractivity contribution in [2.45, 2.75) is 49.5 Å². The molecule has 0 bridgehead atoms. The number of aromatic nitrogens is 1. The van der Waals surface area contributed by atoms with Gasteiger partial charge in [0.2, 0.25) is 0 Å². The summed E-state index contributed by atoms with van der Waals surface area (Å²) in [6.45, 7) is 0.848. The molecule has 0 aromatic carbocycles. The lowest BCUT2D eigenvalue weighted by molar-refractivity contribution is -0.0205. The minimum Gasteiger partial charge on any atom is -0.374 e. The molecule has 0 radical (unpaired) electrons. The Morgan fingerprint density at radius 2 is 2.10 bits per heavy atom. The minimum absolute atomic E-state index is 0.0953. The van der Waals surface area contributed by atoms with E-state index < -0.39 is 0 Å². The highest BCUT2D eigenvalue weighted by atomic mass is 16.5. The van der Waals surface area contributed by atoms with Crippen LogP contribution in [0, 0.1) is 23.2 Å². The van der Waals surface area contributed by atoms with E-state index in [0.717, 1.165) is 25.1 Å². The summed E-state index contributed by atoms with van der Waals surface area (Å²) in [5.41, 5.74) is 0.679. The van der Waals surface area contributed by atoms with Gasteiger partial charge < -0.3 is 4.74 Å². The summed E-state index contributed by atoms with van der Waals surface area (Å²) in [5.74, 6) is 1.11. The van der Waals surface area contributed by atoms with Crippen molar-refractivity contribution in [2.24, 2.45) is 11.8 Å². The van der Waals surface area contributed by atoms with E-state index in [2.05, 4.69) is 11.1 Å². The van der Waals surface area contributed by atoms with Crippen LogP contribution < -0.4 is 0 Å². The second-order valence-corrected chi connectivity index (χ2v) is 6.77. The molecule has 3 atom stereocenters. The number of fused-ring (bicyclic) bond motifs is 2. The van der Waals surface area contributed by atoms with Crippen LogP contribution in [0.4, 0.5) is 0 Å². The van der Waals surface area contributed by atoms with Crippen LogP contribution in [0.3, 0.4) is 0 Å². The van der Waals surface area contributed by atoms with Crippen LogP contribution in [-0.2, 0) is 10.2 Å². The Morgan fingerprint density at radius 3 is 2.80 bits per heavy atom. The number of hydrogen-bond acceptors (Lipinski definition) is 3. The van der Waals surface area contributed by atoms with Crippen LogP contribution in [0.5, 0.6) is 0 Å². The maximum atomic E-state index is 9.83. The third-order valence-corrected chi connectivity index (χ3v) is 5.83. The molecule has 1 aromatic heterocycles. The summed E-state index contributed by atoms with van der Waals surface area (Å²) in [7, 11) is 0. The van der Waals surface area contributed by atoms with Crippen LogP contribution in [0.2, 0.25) is 0 Å². The molecule has 0 amide bonds. The summed E-state index contributed by atoms with van der Waals surface area (Å²) in [5, 5.41) is 9.83. The Balaban J connectivity index is 1.69. The first-order chi connectivity index (χ1) is 9.78. The number of hydrogen-bond donors (Lipinski definition) is 0. The number of nitrogens with zero attached hydrogens (tertiary/aromatic N) is 2. The zero-order valence-corrected chi connectivity index (χ0v) is 11.7. The number of ether oxygens (including phenoxy) is 1. The van der Waals surface area contributed by atoms with E-state index in [1.807, 2.05) is 24.4 Å². The van der Waals surface area contributed by atoms with Gasteiger partial charge in [0.1, 0.15) is 0 Å². The van der Waals surface area contributed by atoms with E-state index in [4.69, 9.17) is 4.74 Å². The molecule has 1 spiro atoms. The molecule has 2 aliphatic carbocycles. The van der Waals surface area contributed by atoms with Crippen molar-refractivity contribution < 1.29 is 4.74 Å². The van der Waals surface area contributed by atoms with E-state index in [-0.39, 0.29) is 11.0 Å². The Hall–Kier alpha value is -1.40. The quantitative estimate of drug-likeness (QED) is 0.785. The molecule has 3 fully saturated rings. The van der Waals surface area contributed by atoms with Gasteiger partial charge in [-0.3, -0.25) is 4.98 Å². The zero-order chi connectivity index (χ0) is 13.6. The van der Waals surface area contributed by atoms with E-state index in [1.54, 1.807) is 0 Å². The molecule has 20 heavy (non-hydrogen) atoms.